The van der Waals surface area contributed by atoms with Crippen molar-refractivity contribution in [2.75, 3.05) is 26.2 Å². The van der Waals surface area contributed by atoms with Crippen molar-refractivity contribution in [3.05, 3.63) is 83.9 Å². The Balaban J connectivity index is 1.32. The second-order valence-electron chi connectivity index (χ2n) is 7.61. The number of aromatic nitrogens is 2. The second-order valence-corrected chi connectivity index (χ2v) is 7.61. The van der Waals surface area contributed by atoms with E-state index in [0.717, 1.165) is 22.5 Å². The Morgan fingerprint density at radius 2 is 1.88 bits per heavy atom. The van der Waals surface area contributed by atoms with Crippen molar-refractivity contribution in [2.24, 2.45) is 5.73 Å². The zero-order chi connectivity index (χ0) is 22.3. The van der Waals surface area contributed by atoms with Gasteiger partial charge in [-0.25, -0.2) is 0 Å². The standard InChI is InChI=1S/C24H25N5O3/c25-24(31)18-6-4-17(5-7-18)19-8-9-21(27-13-19)22-15-29(11-12-32-22)16-23(30)28-14-20-3-1-2-10-26-20/h1-10,13,22H,11-12,14-16H2,(H2,25,31)(H,28,30). The SMILES string of the molecule is NC(=O)c1ccc(-c2ccc(C3CN(CC(=O)NCc4ccccn4)CCO3)nc2)cc1. The summed E-state index contributed by atoms with van der Waals surface area (Å²) < 4.78 is 5.90. The molecule has 1 aliphatic heterocycles. The van der Waals surface area contributed by atoms with E-state index in [2.05, 4.69) is 20.2 Å². The summed E-state index contributed by atoms with van der Waals surface area (Å²) in [6.45, 7) is 2.54. The lowest BCUT2D eigenvalue weighted by atomic mass is 10.0. The molecular weight excluding hydrogens is 406 g/mol. The molecule has 1 atom stereocenters. The van der Waals surface area contributed by atoms with E-state index < -0.39 is 5.91 Å². The molecule has 1 aliphatic rings. The van der Waals surface area contributed by atoms with E-state index in [1.54, 1.807) is 24.5 Å². The van der Waals surface area contributed by atoms with Gasteiger partial charge in [-0.05, 0) is 35.9 Å². The molecule has 164 valence electrons. The van der Waals surface area contributed by atoms with Crippen LogP contribution in [0.25, 0.3) is 11.1 Å². The number of benzene rings is 1. The molecule has 8 heteroatoms. The molecule has 1 aromatic carbocycles. The second kappa shape index (κ2) is 10.1. The minimum absolute atomic E-state index is 0.0426. The van der Waals surface area contributed by atoms with Crippen molar-refractivity contribution in [1.82, 2.24) is 20.2 Å². The van der Waals surface area contributed by atoms with Crippen LogP contribution < -0.4 is 11.1 Å². The Morgan fingerprint density at radius 3 is 2.56 bits per heavy atom. The quantitative estimate of drug-likeness (QED) is 0.592. The van der Waals surface area contributed by atoms with Crippen LogP contribution in [0, 0.1) is 0 Å². The summed E-state index contributed by atoms with van der Waals surface area (Å²) in [5.74, 6) is -0.492. The van der Waals surface area contributed by atoms with E-state index in [9.17, 15) is 9.59 Å². The van der Waals surface area contributed by atoms with Crippen LogP contribution in [0.4, 0.5) is 0 Å². The van der Waals surface area contributed by atoms with E-state index in [4.69, 9.17) is 10.5 Å². The van der Waals surface area contributed by atoms with Gasteiger partial charge in [-0.15, -0.1) is 0 Å². The molecule has 0 saturated carbocycles. The lowest BCUT2D eigenvalue weighted by Crippen LogP contribution is -2.44. The number of rotatable bonds is 7. The van der Waals surface area contributed by atoms with Crippen molar-refractivity contribution in [2.45, 2.75) is 12.6 Å². The maximum absolute atomic E-state index is 12.3. The molecule has 8 nitrogen and oxygen atoms in total. The van der Waals surface area contributed by atoms with Crippen molar-refractivity contribution < 1.29 is 14.3 Å². The average Bonchev–Trinajstić information content (AvgIpc) is 2.84. The lowest BCUT2D eigenvalue weighted by molar-refractivity contribution is -0.124. The van der Waals surface area contributed by atoms with Gasteiger partial charge in [0.05, 0.1) is 31.1 Å². The van der Waals surface area contributed by atoms with Crippen LogP contribution in [0.5, 0.6) is 0 Å². The summed E-state index contributed by atoms with van der Waals surface area (Å²) in [6, 6.07) is 16.6. The Morgan fingerprint density at radius 1 is 1.06 bits per heavy atom. The summed E-state index contributed by atoms with van der Waals surface area (Å²) >= 11 is 0. The molecule has 3 heterocycles. The van der Waals surface area contributed by atoms with E-state index >= 15 is 0 Å². The predicted octanol–water partition coefficient (Wildman–Crippen LogP) is 1.93. The van der Waals surface area contributed by atoms with Crippen molar-refractivity contribution in [3.8, 4) is 11.1 Å². The highest BCUT2D eigenvalue weighted by atomic mass is 16.5. The van der Waals surface area contributed by atoms with Crippen LogP contribution in [0.1, 0.15) is 27.8 Å². The van der Waals surface area contributed by atoms with Crippen LogP contribution in [0.15, 0.2) is 67.0 Å². The smallest absolute Gasteiger partial charge is 0.248 e. The molecule has 32 heavy (non-hydrogen) atoms. The van der Waals surface area contributed by atoms with Crippen molar-refractivity contribution >= 4 is 11.8 Å². The number of morpholine rings is 1. The molecule has 3 aromatic rings. The summed E-state index contributed by atoms with van der Waals surface area (Å²) in [5, 5.41) is 2.91. The first kappa shape index (κ1) is 21.6. The van der Waals surface area contributed by atoms with Gasteiger partial charge in [0.2, 0.25) is 11.8 Å². The highest BCUT2D eigenvalue weighted by molar-refractivity contribution is 5.93. The van der Waals surface area contributed by atoms with Crippen molar-refractivity contribution in [1.29, 1.82) is 0 Å². The fourth-order valence-electron chi connectivity index (χ4n) is 3.57. The molecule has 3 N–H and O–H groups in total. The summed E-state index contributed by atoms with van der Waals surface area (Å²) in [7, 11) is 0. The Hall–Kier alpha value is -3.62. The highest BCUT2D eigenvalue weighted by Gasteiger charge is 2.24. The number of nitrogens with one attached hydrogen (secondary N) is 1. The fourth-order valence-corrected chi connectivity index (χ4v) is 3.57. The number of carbonyl (C=O) groups excluding carboxylic acids is 2. The third kappa shape index (κ3) is 5.54. The average molecular weight is 431 g/mol. The highest BCUT2D eigenvalue weighted by Crippen LogP contribution is 2.24. The molecule has 0 spiro atoms. The van der Waals surface area contributed by atoms with E-state index in [0.29, 0.717) is 38.3 Å². The minimum Gasteiger partial charge on any atom is -0.369 e. The molecule has 2 amide bonds. The van der Waals surface area contributed by atoms with Crippen LogP contribution in [0.3, 0.4) is 0 Å². The molecule has 1 saturated heterocycles. The molecule has 1 fully saturated rings. The maximum Gasteiger partial charge on any atom is 0.248 e. The number of carbonyl (C=O) groups is 2. The Kier molecular flexibility index (Phi) is 6.84. The van der Waals surface area contributed by atoms with Gasteiger partial charge in [-0.3, -0.25) is 24.5 Å². The van der Waals surface area contributed by atoms with E-state index in [1.807, 2.05) is 42.5 Å². The fraction of sp³-hybridized carbons (Fsp3) is 0.250. The van der Waals surface area contributed by atoms with Crippen molar-refractivity contribution in [3.63, 3.8) is 0 Å². The molecule has 4 rings (SSSR count). The summed E-state index contributed by atoms with van der Waals surface area (Å²) in [6.07, 6.45) is 3.30. The molecule has 1 unspecified atom stereocenters. The number of hydrogen-bond donors (Lipinski definition) is 2. The van der Waals surface area contributed by atoms with Gasteiger partial charge >= 0.3 is 0 Å². The van der Waals surface area contributed by atoms with Gasteiger partial charge in [0.25, 0.3) is 0 Å². The Labute approximate surface area is 186 Å². The zero-order valence-electron chi connectivity index (χ0n) is 17.6. The third-order valence-electron chi connectivity index (χ3n) is 5.33. The summed E-state index contributed by atoms with van der Waals surface area (Å²) in [4.78, 5) is 34.4. The lowest BCUT2D eigenvalue weighted by Gasteiger charge is -2.32. The summed E-state index contributed by atoms with van der Waals surface area (Å²) in [5.41, 5.74) is 9.30. The van der Waals surface area contributed by atoms with E-state index in [1.165, 1.54) is 0 Å². The van der Waals surface area contributed by atoms with Crippen LogP contribution in [-0.4, -0.2) is 52.9 Å². The number of nitrogens with two attached hydrogens (primary N) is 1. The molecule has 0 aliphatic carbocycles. The zero-order valence-corrected chi connectivity index (χ0v) is 17.6. The first-order chi connectivity index (χ1) is 15.6. The van der Waals surface area contributed by atoms with Crippen LogP contribution in [0.2, 0.25) is 0 Å². The van der Waals surface area contributed by atoms with E-state index in [-0.39, 0.29) is 12.0 Å². The number of nitrogens with zero attached hydrogens (tertiary/aromatic N) is 3. The maximum atomic E-state index is 12.3. The first-order valence-electron chi connectivity index (χ1n) is 10.5. The third-order valence-corrected chi connectivity index (χ3v) is 5.33. The molecular formula is C24H25N5O3. The number of amides is 2. The molecule has 0 radical (unpaired) electrons. The number of pyridine rings is 2. The normalized spacial score (nSPS) is 16.4. The van der Waals surface area contributed by atoms with Gasteiger partial charge < -0.3 is 15.8 Å². The number of ether oxygens (including phenoxy) is 1. The molecule has 0 bridgehead atoms. The van der Waals surface area contributed by atoms with Gasteiger partial charge in [-0.2, -0.15) is 0 Å². The molecule has 2 aromatic heterocycles. The number of hydrogen-bond acceptors (Lipinski definition) is 6. The van der Waals surface area contributed by atoms with Crippen LogP contribution >= 0.6 is 0 Å². The van der Waals surface area contributed by atoms with Crippen LogP contribution in [-0.2, 0) is 16.1 Å². The Bertz CT molecular complexity index is 1060. The van der Waals surface area contributed by atoms with Gasteiger partial charge in [0.15, 0.2) is 0 Å². The first-order valence-corrected chi connectivity index (χ1v) is 10.5. The minimum atomic E-state index is -0.450. The monoisotopic (exact) mass is 431 g/mol. The largest absolute Gasteiger partial charge is 0.369 e. The van der Waals surface area contributed by atoms with Gasteiger partial charge in [0, 0.05) is 36.6 Å². The number of primary amides is 1. The van der Waals surface area contributed by atoms with Gasteiger partial charge in [-0.1, -0.05) is 24.3 Å². The predicted molar refractivity (Wildman–Crippen MR) is 119 cm³/mol. The van der Waals surface area contributed by atoms with Gasteiger partial charge in [0.1, 0.15) is 6.10 Å². The topological polar surface area (TPSA) is 110 Å².